The SMILES string of the molecule is COC(=O)C(COc1ccc(B2OC(C)(C)C(C)(C)O2)c(C=O)c1)NC(c1ccccc1)(c1ccccc1)c1ccccc1. The monoisotopic (exact) mass is 591 g/mol. The molecule has 0 spiro atoms. The van der Waals surface area contributed by atoms with Crippen molar-refractivity contribution in [2.75, 3.05) is 13.7 Å². The number of carbonyl (C=O) groups excluding carboxylic acids is 2. The molecule has 1 N–H and O–H groups in total. The number of aldehydes is 1. The first-order valence-electron chi connectivity index (χ1n) is 14.7. The molecule has 1 saturated heterocycles. The molecule has 226 valence electrons. The summed E-state index contributed by atoms with van der Waals surface area (Å²) in [6.07, 6.45) is 0.758. The van der Waals surface area contributed by atoms with E-state index in [0.29, 0.717) is 16.8 Å². The largest absolute Gasteiger partial charge is 0.495 e. The zero-order valence-electron chi connectivity index (χ0n) is 25.8. The van der Waals surface area contributed by atoms with Gasteiger partial charge in [-0.3, -0.25) is 14.9 Å². The molecule has 1 fully saturated rings. The Kier molecular flexibility index (Phi) is 9.06. The third kappa shape index (κ3) is 6.06. The molecular formula is C36H38BNO6. The van der Waals surface area contributed by atoms with Crippen LogP contribution in [0.15, 0.2) is 109 Å². The van der Waals surface area contributed by atoms with Crippen molar-refractivity contribution in [3.8, 4) is 5.75 Å². The normalized spacial score (nSPS) is 16.2. The summed E-state index contributed by atoms with van der Waals surface area (Å²) in [5, 5.41) is 3.63. The van der Waals surface area contributed by atoms with E-state index in [-0.39, 0.29) is 6.61 Å². The number of rotatable bonds is 11. The summed E-state index contributed by atoms with van der Waals surface area (Å²) in [6.45, 7) is 7.79. The second-order valence-electron chi connectivity index (χ2n) is 11.9. The van der Waals surface area contributed by atoms with Gasteiger partial charge in [0.15, 0.2) is 0 Å². The van der Waals surface area contributed by atoms with Crippen LogP contribution in [0, 0.1) is 0 Å². The van der Waals surface area contributed by atoms with E-state index in [1.165, 1.54) is 7.11 Å². The van der Waals surface area contributed by atoms with Gasteiger partial charge in [-0.1, -0.05) is 97.1 Å². The minimum Gasteiger partial charge on any atom is -0.491 e. The molecule has 0 amide bonds. The van der Waals surface area contributed by atoms with Crippen LogP contribution in [0.3, 0.4) is 0 Å². The molecule has 4 aromatic carbocycles. The fourth-order valence-corrected chi connectivity index (χ4v) is 5.50. The molecule has 1 atom stereocenters. The van der Waals surface area contributed by atoms with Crippen molar-refractivity contribution in [3.63, 3.8) is 0 Å². The predicted molar refractivity (Wildman–Crippen MR) is 171 cm³/mol. The number of ether oxygens (including phenoxy) is 2. The summed E-state index contributed by atoms with van der Waals surface area (Å²) in [5.41, 5.74) is 1.83. The lowest BCUT2D eigenvalue weighted by atomic mass is 9.76. The second kappa shape index (κ2) is 12.8. The van der Waals surface area contributed by atoms with Gasteiger partial charge in [-0.05, 0) is 62.0 Å². The zero-order chi connectivity index (χ0) is 31.4. The summed E-state index contributed by atoms with van der Waals surface area (Å²) >= 11 is 0. The van der Waals surface area contributed by atoms with Crippen LogP contribution in [0.25, 0.3) is 0 Å². The number of hydrogen-bond acceptors (Lipinski definition) is 7. The first-order valence-corrected chi connectivity index (χ1v) is 14.7. The Balaban J connectivity index is 1.48. The van der Waals surface area contributed by atoms with E-state index in [1.807, 2.05) is 119 Å². The van der Waals surface area contributed by atoms with E-state index in [4.69, 9.17) is 18.8 Å². The van der Waals surface area contributed by atoms with Crippen LogP contribution in [-0.4, -0.2) is 50.3 Å². The molecule has 1 unspecified atom stereocenters. The molecule has 0 saturated carbocycles. The van der Waals surface area contributed by atoms with Crippen molar-refractivity contribution < 1.29 is 28.4 Å². The van der Waals surface area contributed by atoms with Crippen molar-refractivity contribution in [1.82, 2.24) is 5.32 Å². The minimum atomic E-state index is -0.916. The fourth-order valence-electron chi connectivity index (χ4n) is 5.50. The van der Waals surface area contributed by atoms with E-state index in [2.05, 4.69) is 5.32 Å². The van der Waals surface area contributed by atoms with Crippen molar-refractivity contribution >= 4 is 24.8 Å². The molecule has 1 heterocycles. The first-order chi connectivity index (χ1) is 21.1. The molecule has 44 heavy (non-hydrogen) atoms. The molecule has 0 aromatic heterocycles. The van der Waals surface area contributed by atoms with Gasteiger partial charge in [-0.15, -0.1) is 0 Å². The van der Waals surface area contributed by atoms with Crippen molar-refractivity contribution in [1.29, 1.82) is 0 Å². The van der Waals surface area contributed by atoms with E-state index >= 15 is 0 Å². The lowest BCUT2D eigenvalue weighted by Gasteiger charge is -2.39. The number of hydrogen-bond donors (Lipinski definition) is 1. The predicted octanol–water partition coefficient (Wildman–Crippen LogP) is 5.30. The molecule has 1 aliphatic heterocycles. The quantitative estimate of drug-likeness (QED) is 0.110. The number of benzene rings is 4. The maximum atomic E-state index is 13.3. The molecule has 0 aliphatic carbocycles. The van der Waals surface area contributed by atoms with Gasteiger partial charge >= 0.3 is 13.1 Å². The van der Waals surface area contributed by atoms with Crippen LogP contribution >= 0.6 is 0 Å². The van der Waals surface area contributed by atoms with Gasteiger partial charge in [0.05, 0.1) is 23.9 Å². The third-order valence-corrected chi connectivity index (χ3v) is 8.61. The number of carbonyl (C=O) groups is 2. The molecule has 0 bridgehead atoms. The average molecular weight is 592 g/mol. The molecule has 7 nitrogen and oxygen atoms in total. The molecule has 5 rings (SSSR count). The van der Waals surface area contributed by atoms with E-state index in [1.54, 1.807) is 18.2 Å². The Hall–Kier alpha value is -4.24. The second-order valence-corrected chi connectivity index (χ2v) is 11.9. The van der Waals surface area contributed by atoms with Gasteiger partial charge in [0, 0.05) is 5.56 Å². The highest BCUT2D eigenvalue weighted by molar-refractivity contribution is 6.63. The summed E-state index contributed by atoms with van der Waals surface area (Å²) in [4.78, 5) is 25.5. The van der Waals surface area contributed by atoms with Gasteiger partial charge in [0.2, 0.25) is 0 Å². The Labute approximate surface area is 259 Å². The number of methoxy groups -OCH3 is 1. The molecule has 1 aliphatic rings. The minimum absolute atomic E-state index is 0.0605. The highest BCUT2D eigenvalue weighted by Crippen LogP contribution is 2.38. The summed E-state index contributed by atoms with van der Waals surface area (Å²) < 4.78 is 23.8. The third-order valence-electron chi connectivity index (χ3n) is 8.61. The van der Waals surface area contributed by atoms with Crippen LogP contribution in [0.4, 0.5) is 0 Å². The van der Waals surface area contributed by atoms with Crippen LogP contribution in [0.5, 0.6) is 5.75 Å². The summed E-state index contributed by atoms with van der Waals surface area (Å²) in [5.74, 6) is -0.0607. The number of esters is 1. The van der Waals surface area contributed by atoms with E-state index in [0.717, 1.165) is 23.0 Å². The van der Waals surface area contributed by atoms with E-state index < -0.39 is 35.9 Å². The topological polar surface area (TPSA) is 83.1 Å². The summed E-state index contributed by atoms with van der Waals surface area (Å²) in [6, 6.07) is 34.2. The highest BCUT2D eigenvalue weighted by atomic mass is 16.7. The Morgan fingerprint density at radius 3 is 1.73 bits per heavy atom. The Morgan fingerprint density at radius 1 is 0.818 bits per heavy atom. The zero-order valence-corrected chi connectivity index (χ0v) is 25.8. The standard InChI is InChI=1S/C36H38BNO6/c1-34(2)35(3,4)44-37(43-34)31-22-21-30(23-26(31)24-39)42-25-32(33(40)41-5)38-36(27-15-9-6-10-16-27,28-17-11-7-12-18-28)29-19-13-8-14-20-29/h6-24,32,38H,25H2,1-5H3. The lowest BCUT2D eigenvalue weighted by Crippen LogP contribution is -2.55. The molecule has 4 aromatic rings. The van der Waals surface area contributed by atoms with Gasteiger partial charge < -0.3 is 18.8 Å². The van der Waals surface area contributed by atoms with Crippen LogP contribution in [0.2, 0.25) is 0 Å². The maximum absolute atomic E-state index is 13.3. The van der Waals surface area contributed by atoms with E-state index in [9.17, 15) is 9.59 Å². The first kappa shape index (κ1) is 31.2. The van der Waals surface area contributed by atoms with Crippen LogP contribution in [-0.2, 0) is 24.4 Å². The van der Waals surface area contributed by atoms with Gasteiger partial charge in [-0.2, -0.15) is 0 Å². The van der Waals surface area contributed by atoms with Gasteiger partial charge in [0.1, 0.15) is 24.7 Å². The number of nitrogens with one attached hydrogen (secondary N) is 1. The smallest absolute Gasteiger partial charge is 0.491 e. The molecule has 8 heteroatoms. The van der Waals surface area contributed by atoms with Crippen LogP contribution in [0.1, 0.15) is 54.7 Å². The van der Waals surface area contributed by atoms with Crippen molar-refractivity contribution in [2.45, 2.75) is 50.5 Å². The van der Waals surface area contributed by atoms with Crippen LogP contribution < -0.4 is 15.5 Å². The van der Waals surface area contributed by atoms with Gasteiger partial charge in [-0.25, -0.2) is 0 Å². The maximum Gasteiger partial charge on any atom is 0.495 e. The van der Waals surface area contributed by atoms with Gasteiger partial charge in [0.25, 0.3) is 0 Å². The van der Waals surface area contributed by atoms with Crippen molar-refractivity contribution in [3.05, 3.63) is 131 Å². The van der Waals surface area contributed by atoms with Crippen molar-refractivity contribution in [2.24, 2.45) is 0 Å². The molecular weight excluding hydrogens is 553 g/mol. The summed E-state index contributed by atoms with van der Waals surface area (Å²) in [7, 11) is 0.665. The molecule has 0 radical (unpaired) electrons. The fraction of sp³-hybridized carbons (Fsp3) is 0.278. The highest BCUT2D eigenvalue weighted by Gasteiger charge is 2.52. The average Bonchev–Trinajstić information content (AvgIpc) is 3.27. The Bertz CT molecular complexity index is 1460. The lowest BCUT2D eigenvalue weighted by molar-refractivity contribution is -0.144. The Morgan fingerprint density at radius 2 is 1.30 bits per heavy atom.